The summed E-state index contributed by atoms with van der Waals surface area (Å²) in [6.45, 7) is 7.89. The molecule has 0 atom stereocenters. The molecule has 5 rings (SSSR count). The second-order valence-electron chi connectivity index (χ2n) is 8.37. The van der Waals surface area contributed by atoms with Crippen molar-refractivity contribution in [3.05, 3.63) is 53.1 Å². The van der Waals surface area contributed by atoms with Gasteiger partial charge in [0.25, 0.3) is 6.57 Å². The van der Waals surface area contributed by atoms with Crippen molar-refractivity contribution in [3.8, 4) is 12.3 Å². The standard InChI is InChI=1S/C22H25N6O2S/c1-23-22(7-3-8-22)18-5-4-17-16-25-28(20(17)14-18)19-6-9-24-21(15-19)26-10-12-27(13-11-26)31(2,29)30/h1,4-6,9,14-16H,3,7-8,10-13H2,2H3/q+1. The van der Waals surface area contributed by atoms with Crippen LogP contribution < -0.4 is 4.90 Å². The Bertz CT molecular complexity index is 1280. The van der Waals surface area contributed by atoms with Crippen molar-refractivity contribution in [2.45, 2.75) is 24.8 Å². The third kappa shape index (κ3) is 3.46. The molecule has 0 unspecified atom stereocenters. The lowest BCUT2D eigenvalue weighted by Crippen LogP contribution is -2.48. The summed E-state index contributed by atoms with van der Waals surface area (Å²) < 4.78 is 27.0. The topological polar surface area (TPSA) is 75.7 Å². The fourth-order valence-electron chi connectivity index (χ4n) is 4.48. The molecular formula is C22H25N6O2S+. The smallest absolute Gasteiger partial charge is 0.305 e. The fourth-order valence-corrected chi connectivity index (χ4v) is 5.31. The number of nitrogens with zero attached hydrogens (tertiary/aromatic N) is 6. The molecule has 1 saturated heterocycles. The molecule has 0 amide bonds. The van der Waals surface area contributed by atoms with Crippen LogP contribution in [0.2, 0.25) is 0 Å². The van der Waals surface area contributed by atoms with Gasteiger partial charge in [0.1, 0.15) is 5.82 Å². The highest BCUT2D eigenvalue weighted by atomic mass is 32.2. The summed E-state index contributed by atoms with van der Waals surface area (Å²) in [6, 6.07) is 10.3. The SMILES string of the molecule is C#[N+]C1(c2ccc3cnn(-c4ccnc(N5CCN(S(C)(=O)=O)CC5)c4)c3c2)CCC1. The Labute approximate surface area is 182 Å². The van der Waals surface area contributed by atoms with Gasteiger partial charge in [-0.05, 0) is 18.6 Å². The zero-order chi connectivity index (χ0) is 21.6. The Morgan fingerprint density at radius 1 is 1.10 bits per heavy atom. The van der Waals surface area contributed by atoms with Gasteiger partial charge in [-0.2, -0.15) is 9.40 Å². The molecule has 8 nitrogen and oxygen atoms in total. The van der Waals surface area contributed by atoms with Gasteiger partial charge in [-0.25, -0.2) is 18.1 Å². The predicted octanol–water partition coefficient (Wildman–Crippen LogP) is 2.84. The van der Waals surface area contributed by atoms with Gasteiger partial charge in [0, 0.05) is 62.2 Å². The van der Waals surface area contributed by atoms with E-state index in [4.69, 9.17) is 6.57 Å². The van der Waals surface area contributed by atoms with Crippen molar-refractivity contribution in [1.82, 2.24) is 19.1 Å². The van der Waals surface area contributed by atoms with Crippen molar-refractivity contribution in [1.29, 1.82) is 0 Å². The van der Waals surface area contributed by atoms with Crippen molar-refractivity contribution in [2.24, 2.45) is 0 Å². The number of piperazine rings is 1. The Hall–Kier alpha value is -2.96. The maximum atomic E-state index is 11.8. The van der Waals surface area contributed by atoms with Crippen LogP contribution in [0.25, 0.3) is 21.4 Å². The lowest BCUT2D eigenvalue weighted by atomic mass is 9.72. The highest BCUT2D eigenvalue weighted by molar-refractivity contribution is 7.88. The molecule has 31 heavy (non-hydrogen) atoms. The van der Waals surface area contributed by atoms with Gasteiger partial charge in [0.15, 0.2) is 0 Å². The summed E-state index contributed by atoms with van der Waals surface area (Å²) in [5, 5.41) is 5.66. The van der Waals surface area contributed by atoms with Crippen LogP contribution in [0.3, 0.4) is 0 Å². The van der Waals surface area contributed by atoms with Gasteiger partial charge < -0.3 is 4.90 Å². The van der Waals surface area contributed by atoms with Crippen LogP contribution in [0.4, 0.5) is 5.82 Å². The molecule has 1 aromatic carbocycles. The normalized spacial score (nSPS) is 19.2. The van der Waals surface area contributed by atoms with E-state index in [0.717, 1.165) is 47.2 Å². The van der Waals surface area contributed by atoms with Gasteiger partial charge in [0.2, 0.25) is 10.0 Å². The summed E-state index contributed by atoms with van der Waals surface area (Å²) in [6.07, 6.45) is 7.97. The monoisotopic (exact) mass is 437 g/mol. The molecule has 0 spiro atoms. The van der Waals surface area contributed by atoms with E-state index in [1.54, 1.807) is 6.20 Å². The van der Waals surface area contributed by atoms with Crippen LogP contribution in [-0.4, -0.2) is 59.9 Å². The van der Waals surface area contributed by atoms with Gasteiger partial charge in [-0.15, -0.1) is 0 Å². The zero-order valence-corrected chi connectivity index (χ0v) is 18.3. The number of aromatic nitrogens is 3. The molecule has 160 valence electrons. The first-order valence-corrected chi connectivity index (χ1v) is 12.3. The third-order valence-electron chi connectivity index (χ3n) is 6.54. The average molecular weight is 438 g/mol. The maximum Gasteiger partial charge on any atom is 0.305 e. The number of hydrogen-bond acceptors (Lipinski definition) is 5. The number of sulfonamides is 1. The molecule has 2 aliphatic rings. The van der Waals surface area contributed by atoms with Crippen molar-refractivity contribution >= 4 is 26.7 Å². The number of hydrogen-bond donors (Lipinski definition) is 0. The summed E-state index contributed by atoms with van der Waals surface area (Å²) in [4.78, 5) is 10.8. The Morgan fingerprint density at radius 3 is 2.52 bits per heavy atom. The number of fused-ring (bicyclic) bond motifs is 1. The van der Waals surface area contributed by atoms with Crippen molar-refractivity contribution in [3.63, 3.8) is 0 Å². The number of benzene rings is 1. The minimum absolute atomic E-state index is 0.272. The minimum Gasteiger partial charge on any atom is -0.354 e. The zero-order valence-electron chi connectivity index (χ0n) is 17.5. The lowest BCUT2D eigenvalue weighted by Gasteiger charge is -2.34. The molecule has 1 saturated carbocycles. The predicted molar refractivity (Wildman–Crippen MR) is 121 cm³/mol. The molecular weight excluding hydrogens is 412 g/mol. The Balaban J connectivity index is 1.46. The fraction of sp³-hybridized carbons (Fsp3) is 0.409. The number of pyridine rings is 1. The summed E-state index contributed by atoms with van der Waals surface area (Å²) >= 11 is 0. The average Bonchev–Trinajstić information content (AvgIpc) is 3.16. The Kier molecular flexibility index (Phi) is 4.72. The van der Waals surface area contributed by atoms with Crippen LogP contribution in [-0.2, 0) is 15.6 Å². The Morgan fingerprint density at radius 2 is 1.87 bits per heavy atom. The van der Waals surface area contributed by atoms with Crippen molar-refractivity contribution < 1.29 is 8.42 Å². The minimum atomic E-state index is -3.16. The van der Waals surface area contributed by atoms with E-state index in [0.29, 0.717) is 26.2 Å². The van der Waals surface area contributed by atoms with Crippen molar-refractivity contribution in [2.75, 3.05) is 37.3 Å². The molecule has 0 N–H and O–H groups in total. The molecule has 2 aromatic heterocycles. The van der Waals surface area contributed by atoms with E-state index in [-0.39, 0.29) is 5.54 Å². The number of anilines is 1. The summed E-state index contributed by atoms with van der Waals surface area (Å²) in [5.74, 6) is 0.817. The summed E-state index contributed by atoms with van der Waals surface area (Å²) in [7, 11) is -3.16. The molecule has 9 heteroatoms. The van der Waals surface area contributed by atoms with E-state index in [9.17, 15) is 8.42 Å². The van der Waals surface area contributed by atoms with Gasteiger partial charge in [0.05, 0.1) is 23.7 Å². The lowest BCUT2D eigenvalue weighted by molar-refractivity contribution is 0.311. The van der Waals surface area contributed by atoms with Crippen LogP contribution in [0.5, 0.6) is 0 Å². The highest BCUT2D eigenvalue weighted by Crippen LogP contribution is 2.45. The first kappa shape index (κ1) is 20.0. The summed E-state index contributed by atoms with van der Waals surface area (Å²) in [5.41, 5.74) is 2.77. The maximum absolute atomic E-state index is 11.8. The second-order valence-corrected chi connectivity index (χ2v) is 10.3. The highest BCUT2D eigenvalue weighted by Gasteiger charge is 2.49. The van der Waals surface area contributed by atoms with Crippen LogP contribution in [0, 0.1) is 6.57 Å². The van der Waals surface area contributed by atoms with Crippen LogP contribution >= 0.6 is 0 Å². The second kappa shape index (κ2) is 7.32. The van der Waals surface area contributed by atoms with E-state index < -0.39 is 10.0 Å². The molecule has 2 fully saturated rings. The van der Waals surface area contributed by atoms with E-state index in [1.807, 2.05) is 23.0 Å². The third-order valence-corrected chi connectivity index (χ3v) is 7.84. The molecule has 0 radical (unpaired) electrons. The molecule has 3 aromatic rings. The quantitative estimate of drug-likeness (QED) is 0.627. The largest absolute Gasteiger partial charge is 0.354 e. The molecule has 1 aliphatic heterocycles. The van der Waals surface area contributed by atoms with Gasteiger partial charge >= 0.3 is 5.54 Å². The van der Waals surface area contributed by atoms with E-state index in [2.05, 4.69) is 38.0 Å². The van der Waals surface area contributed by atoms with E-state index >= 15 is 0 Å². The first-order valence-electron chi connectivity index (χ1n) is 10.5. The molecule has 1 aliphatic carbocycles. The van der Waals surface area contributed by atoms with Gasteiger partial charge in [-0.3, -0.25) is 0 Å². The van der Waals surface area contributed by atoms with Gasteiger partial charge in [-0.1, -0.05) is 17.0 Å². The first-order chi connectivity index (χ1) is 14.9. The molecule has 0 bridgehead atoms. The molecule has 3 heterocycles. The van der Waals surface area contributed by atoms with Crippen LogP contribution in [0.15, 0.2) is 42.7 Å². The van der Waals surface area contributed by atoms with Crippen LogP contribution in [0.1, 0.15) is 24.8 Å². The van der Waals surface area contributed by atoms with E-state index in [1.165, 1.54) is 10.6 Å². The number of rotatable bonds is 4.